The van der Waals surface area contributed by atoms with E-state index in [-0.39, 0.29) is 47.6 Å². The van der Waals surface area contributed by atoms with Crippen LogP contribution in [0.15, 0.2) is 35.1 Å². The normalized spacial score (nSPS) is 12.9. The summed E-state index contributed by atoms with van der Waals surface area (Å²) in [7, 11) is -2.36. The Balaban J connectivity index is 2.20. The summed E-state index contributed by atoms with van der Waals surface area (Å²) in [5.74, 6) is -1.37. The van der Waals surface area contributed by atoms with E-state index in [1.54, 1.807) is 52.0 Å². The van der Waals surface area contributed by atoms with Crippen LogP contribution in [0.1, 0.15) is 59.9 Å². The van der Waals surface area contributed by atoms with E-state index in [1.165, 1.54) is 11.6 Å². The molecule has 0 saturated carbocycles. The molecule has 14 heteroatoms. The Labute approximate surface area is 239 Å². The summed E-state index contributed by atoms with van der Waals surface area (Å²) < 4.78 is 34.7. The molecule has 3 aromatic rings. The molecule has 0 fully saturated rings. The molecule has 0 spiro atoms. The molecule has 0 saturated heterocycles. The zero-order valence-electron chi connectivity index (χ0n) is 24.5. The summed E-state index contributed by atoms with van der Waals surface area (Å²) in [4.78, 5) is 50.4. The number of likely N-dealkylation sites (N-methyl/N-ethyl adjacent to an activating group) is 1. The number of amides is 1. The molecule has 0 aliphatic rings. The fourth-order valence-electron chi connectivity index (χ4n) is 4.28. The van der Waals surface area contributed by atoms with Crippen molar-refractivity contribution >= 4 is 45.0 Å². The predicted molar refractivity (Wildman–Crippen MR) is 157 cm³/mol. The van der Waals surface area contributed by atoms with E-state index < -0.39 is 39.4 Å². The molecule has 224 valence electrons. The third-order valence-electron chi connectivity index (χ3n) is 6.03. The van der Waals surface area contributed by atoms with Crippen LogP contribution < -0.4 is 16.1 Å². The maximum atomic E-state index is 13.9. The second kappa shape index (κ2) is 12.3. The summed E-state index contributed by atoms with van der Waals surface area (Å²) in [5, 5.41) is 0. The van der Waals surface area contributed by atoms with Gasteiger partial charge in [0, 0.05) is 7.05 Å². The number of sulfonamides is 1. The number of aromatic nitrogens is 4. The first-order chi connectivity index (χ1) is 19.0. The smallest absolute Gasteiger partial charge is 0.339 e. The van der Waals surface area contributed by atoms with Gasteiger partial charge in [-0.1, -0.05) is 51.1 Å². The van der Waals surface area contributed by atoms with E-state index in [4.69, 9.17) is 10.5 Å². The number of esters is 1. The van der Waals surface area contributed by atoms with Crippen LogP contribution >= 0.6 is 0 Å². The van der Waals surface area contributed by atoms with Crippen molar-refractivity contribution < 1.29 is 22.7 Å². The monoisotopic (exact) mass is 589 g/mol. The Morgan fingerprint density at radius 3 is 2.34 bits per heavy atom. The number of nitrogens with two attached hydrogens (primary N) is 1. The molecule has 13 nitrogen and oxygen atoms in total. The van der Waals surface area contributed by atoms with Crippen molar-refractivity contribution in [1.82, 2.24) is 24.0 Å². The number of nitrogens with one attached hydrogen (secondary N) is 1. The lowest BCUT2D eigenvalue weighted by atomic mass is 10.0. The van der Waals surface area contributed by atoms with Crippen LogP contribution in [0.25, 0.3) is 11.2 Å². The lowest BCUT2D eigenvalue weighted by Crippen LogP contribution is -2.49. The van der Waals surface area contributed by atoms with Gasteiger partial charge in [0.2, 0.25) is 16.0 Å². The van der Waals surface area contributed by atoms with E-state index in [1.807, 2.05) is 19.9 Å². The van der Waals surface area contributed by atoms with Crippen LogP contribution in [0.2, 0.25) is 0 Å². The number of ether oxygens (including phenoxy) is 1. The van der Waals surface area contributed by atoms with Crippen LogP contribution in [0.3, 0.4) is 0 Å². The van der Waals surface area contributed by atoms with Crippen molar-refractivity contribution in [2.75, 3.05) is 23.3 Å². The third kappa shape index (κ3) is 7.63. The van der Waals surface area contributed by atoms with Crippen molar-refractivity contribution in [1.29, 1.82) is 0 Å². The number of hydrogen-bond acceptors (Lipinski definition) is 9. The summed E-state index contributed by atoms with van der Waals surface area (Å²) >= 11 is 0. The fraction of sp³-hybridized carbons (Fsp3) is 0.519. The molecule has 0 radical (unpaired) electrons. The second-order valence-electron chi connectivity index (χ2n) is 11.3. The number of carbonyl (C=O) groups is 2. The molecular weight excluding hydrogens is 550 g/mol. The fourth-order valence-corrected chi connectivity index (χ4v) is 5.29. The number of benzene rings is 1. The third-order valence-corrected chi connectivity index (χ3v) is 7.47. The maximum absolute atomic E-state index is 13.9. The van der Waals surface area contributed by atoms with Crippen molar-refractivity contribution in [2.45, 2.75) is 72.6 Å². The number of hydrogen-bond donors (Lipinski definition) is 2. The van der Waals surface area contributed by atoms with Crippen LogP contribution in [0.5, 0.6) is 0 Å². The molecule has 0 bridgehead atoms. The first-order valence-corrected chi connectivity index (χ1v) is 15.0. The zero-order valence-corrected chi connectivity index (χ0v) is 25.4. The van der Waals surface area contributed by atoms with Crippen LogP contribution in [-0.4, -0.2) is 68.9 Å². The highest BCUT2D eigenvalue weighted by Gasteiger charge is 2.35. The van der Waals surface area contributed by atoms with Crippen LogP contribution in [-0.2, 0) is 26.1 Å². The summed E-state index contributed by atoms with van der Waals surface area (Å²) in [6.45, 7) is 10.7. The Morgan fingerprint density at radius 1 is 1.15 bits per heavy atom. The van der Waals surface area contributed by atoms with Gasteiger partial charge in [-0.25, -0.2) is 27.4 Å². The first kappa shape index (κ1) is 31.6. The first-order valence-electron chi connectivity index (χ1n) is 13.4. The van der Waals surface area contributed by atoms with Crippen molar-refractivity contribution in [2.24, 2.45) is 5.92 Å². The molecule has 1 aromatic carbocycles. The van der Waals surface area contributed by atoms with E-state index in [0.717, 1.165) is 15.0 Å². The second-order valence-corrected chi connectivity index (χ2v) is 13.1. The Kier molecular flexibility index (Phi) is 9.47. The molecular formula is C27H39N7O6S. The van der Waals surface area contributed by atoms with Crippen molar-refractivity contribution in [3.63, 3.8) is 0 Å². The van der Waals surface area contributed by atoms with E-state index in [2.05, 4.69) is 14.7 Å². The molecule has 3 rings (SSSR count). The van der Waals surface area contributed by atoms with Gasteiger partial charge in [0.05, 0.1) is 12.3 Å². The zero-order chi connectivity index (χ0) is 30.7. The topological polar surface area (TPSA) is 172 Å². The lowest BCUT2D eigenvalue weighted by molar-refractivity contribution is -0.160. The van der Waals surface area contributed by atoms with E-state index in [9.17, 15) is 22.8 Å². The number of carbonyl (C=O) groups excluding carboxylic acids is 2. The maximum Gasteiger partial charge on any atom is 0.339 e. The Bertz CT molecular complexity index is 1570. The minimum Gasteiger partial charge on any atom is -0.458 e. The standard InChI is InChI=1S/C27H39N7O6S/c1-8-14-41(38,39)31-24-29-21(28)20-22(30-24)33(16-18-12-10-9-11-13-18)26(37)34(20)25(36)32(7)19(15-17(2)3)23(35)40-27(4,5)6/h9-13,17,19H,8,14-16H2,1-7H3,(H3,28,29,30,31). The number of nitrogens with zero attached hydrogens (tertiary/aromatic N) is 5. The molecule has 0 aliphatic heterocycles. The highest BCUT2D eigenvalue weighted by molar-refractivity contribution is 7.92. The minimum atomic E-state index is -3.77. The van der Waals surface area contributed by atoms with Gasteiger partial charge in [-0.2, -0.15) is 9.97 Å². The molecule has 41 heavy (non-hydrogen) atoms. The highest BCUT2D eigenvalue weighted by atomic mass is 32.2. The van der Waals surface area contributed by atoms with Gasteiger partial charge in [-0.3, -0.25) is 9.29 Å². The SMILES string of the molecule is CCCS(=O)(=O)Nc1nc(N)c2c(n1)n(Cc1ccccc1)c(=O)n2C(=O)N(C)C(CC(C)C)C(=O)OC(C)(C)C. The van der Waals surface area contributed by atoms with Gasteiger partial charge in [0.1, 0.15) is 17.2 Å². The Hall–Kier alpha value is -3.94. The minimum absolute atomic E-state index is 0.0132. The van der Waals surface area contributed by atoms with Gasteiger partial charge >= 0.3 is 17.7 Å². The largest absolute Gasteiger partial charge is 0.458 e. The number of nitrogen functional groups attached to an aromatic ring is 1. The molecule has 2 heterocycles. The summed E-state index contributed by atoms with van der Waals surface area (Å²) in [5.41, 5.74) is 5.26. The molecule has 1 atom stereocenters. The van der Waals surface area contributed by atoms with Gasteiger partial charge in [-0.05, 0) is 45.1 Å². The molecule has 2 aromatic heterocycles. The van der Waals surface area contributed by atoms with Crippen molar-refractivity contribution in [3.05, 3.63) is 46.4 Å². The van der Waals surface area contributed by atoms with Gasteiger partial charge < -0.3 is 15.4 Å². The summed E-state index contributed by atoms with van der Waals surface area (Å²) in [6.07, 6.45) is 0.641. The van der Waals surface area contributed by atoms with Crippen LogP contribution in [0, 0.1) is 5.92 Å². The van der Waals surface area contributed by atoms with Crippen molar-refractivity contribution in [3.8, 4) is 0 Å². The number of anilines is 2. The molecule has 3 N–H and O–H groups in total. The average molecular weight is 590 g/mol. The van der Waals surface area contributed by atoms with Gasteiger partial charge in [0.15, 0.2) is 11.5 Å². The van der Waals surface area contributed by atoms with Gasteiger partial charge in [-0.15, -0.1) is 0 Å². The highest BCUT2D eigenvalue weighted by Crippen LogP contribution is 2.23. The number of fused-ring (bicyclic) bond motifs is 1. The Morgan fingerprint density at radius 2 is 1.78 bits per heavy atom. The summed E-state index contributed by atoms with van der Waals surface area (Å²) in [6, 6.07) is 7.16. The molecule has 1 unspecified atom stereocenters. The number of imidazole rings is 1. The predicted octanol–water partition coefficient (Wildman–Crippen LogP) is 3.03. The molecule has 0 aliphatic carbocycles. The van der Waals surface area contributed by atoms with E-state index in [0.29, 0.717) is 6.42 Å². The molecule has 1 amide bonds. The lowest BCUT2D eigenvalue weighted by Gasteiger charge is -2.30. The van der Waals surface area contributed by atoms with Gasteiger partial charge in [0.25, 0.3) is 0 Å². The van der Waals surface area contributed by atoms with E-state index >= 15 is 0 Å². The average Bonchev–Trinajstić information content (AvgIpc) is 3.12. The van der Waals surface area contributed by atoms with Crippen LogP contribution in [0.4, 0.5) is 16.6 Å². The number of rotatable bonds is 10. The quantitative estimate of drug-likeness (QED) is 0.337.